The molecular weight excluding hydrogens is 192 g/mol. The third kappa shape index (κ3) is 1.78. The van der Waals surface area contributed by atoms with E-state index >= 15 is 0 Å². The number of nitrogens with one attached hydrogen (secondary N) is 1. The van der Waals surface area contributed by atoms with E-state index in [1.165, 1.54) is 0 Å². The van der Waals surface area contributed by atoms with Crippen LogP contribution in [0.25, 0.3) is 0 Å². The molecule has 1 unspecified atom stereocenters. The number of rotatable bonds is 1. The summed E-state index contributed by atoms with van der Waals surface area (Å²) in [5, 5.41) is 2.87. The van der Waals surface area contributed by atoms with Gasteiger partial charge < -0.3 is 5.32 Å². The fourth-order valence-electron chi connectivity index (χ4n) is 2.62. The van der Waals surface area contributed by atoms with Gasteiger partial charge in [0.05, 0.1) is 5.54 Å². The molecule has 1 aliphatic carbocycles. The number of carbonyl (C=O) groups is 2. The maximum atomic E-state index is 11.7. The first-order valence-corrected chi connectivity index (χ1v) is 5.58. The van der Waals surface area contributed by atoms with E-state index in [1.54, 1.807) is 0 Å². The molecule has 0 aromatic heterocycles. The van der Waals surface area contributed by atoms with Crippen molar-refractivity contribution in [1.29, 1.82) is 0 Å². The van der Waals surface area contributed by atoms with E-state index in [-0.39, 0.29) is 11.9 Å². The lowest BCUT2D eigenvalue weighted by atomic mass is 9.96. The zero-order chi connectivity index (χ0) is 11.1. The minimum atomic E-state index is -0.465. The van der Waals surface area contributed by atoms with Crippen LogP contribution in [0.3, 0.4) is 0 Å². The van der Waals surface area contributed by atoms with Crippen LogP contribution in [0.5, 0.6) is 0 Å². The fourth-order valence-corrected chi connectivity index (χ4v) is 2.62. The van der Waals surface area contributed by atoms with Gasteiger partial charge in [0.1, 0.15) is 5.78 Å². The molecule has 1 atom stereocenters. The number of Topliss-reactive ketones (excluding diaryl/α,β-unsaturated/α-hetero) is 1. The standard InChI is InChI=1S/C11H18N2O2/c1-11(2)10(15)12-5-6-13(11)8-3-4-9(14)7-8/h8H,3-7H2,1-2H3,(H,12,15). The van der Waals surface area contributed by atoms with Gasteiger partial charge in [0.2, 0.25) is 5.91 Å². The van der Waals surface area contributed by atoms with Crippen LogP contribution in [0.1, 0.15) is 33.1 Å². The van der Waals surface area contributed by atoms with Crippen molar-refractivity contribution in [3.05, 3.63) is 0 Å². The summed E-state index contributed by atoms with van der Waals surface area (Å²) in [6.45, 7) is 5.43. The van der Waals surface area contributed by atoms with Gasteiger partial charge in [-0.2, -0.15) is 0 Å². The third-order valence-electron chi connectivity index (χ3n) is 3.57. The van der Waals surface area contributed by atoms with Crippen molar-refractivity contribution in [3.63, 3.8) is 0 Å². The summed E-state index contributed by atoms with van der Waals surface area (Å²) >= 11 is 0. The highest BCUT2D eigenvalue weighted by molar-refractivity contribution is 5.86. The predicted octanol–water partition coefficient (Wildman–Crippen LogP) is 0.318. The molecule has 1 saturated carbocycles. The lowest BCUT2D eigenvalue weighted by Gasteiger charge is -2.44. The van der Waals surface area contributed by atoms with Crippen LogP contribution in [-0.4, -0.2) is 41.3 Å². The molecule has 2 rings (SSSR count). The highest BCUT2D eigenvalue weighted by Gasteiger charge is 2.42. The largest absolute Gasteiger partial charge is 0.353 e. The van der Waals surface area contributed by atoms with E-state index in [1.807, 2.05) is 13.8 Å². The van der Waals surface area contributed by atoms with Gasteiger partial charge in [-0.1, -0.05) is 0 Å². The molecule has 1 heterocycles. The first-order valence-electron chi connectivity index (χ1n) is 5.58. The number of nitrogens with zero attached hydrogens (tertiary/aromatic N) is 1. The van der Waals surface area contributed by atoms with Crippen molar-refractivity contribution < 1.29 is 9.59 Å². The summed E-state index contributed by atoms with van der Waals surface area (Å²) in [7, 11) is 0. The van der Waals surface area contributed by atoms with Crippen molar-refractivity contribution >= 4 is 11.7 Å². The Morgan fingerprint density at radius 2 is 2.13 bits per heavy atom. The minimum Gasteiger partial charge on any atom is -0.353 e. The smallest absolute Gasteiger partial charge is 0.240 e. The molecule has 0 spiro atoms. The van der Waals surface area contributed by atoms with Crippen molar-refractivity contribution in [3.8, 4) is 0 Å². The lowest BCUT2D eigenvalue weighted by Crippen LogP contribution is -2.64. The number of hydrogen-bond acceptors (Lipinski definition) is 3. The molecule has 2 fully saturated rings. The fraction of sp³-hybridized carbons (Fsp3) is 0.818. The number of piperazine rings is 1. The highest BCUT2D eigenvalue weighted by atomic mass is 16.2. The summed E-state index contributed by atoms with van der Waals surface area (Å²) in [6, 6.07) is 0.276. The summed E-state index contributed by atoms with van der Waals surface area (Å²) in [5.41, 5.74) is -0.465. The Morgan fingerprint density at radius 3 is 2.73 bits per heavy atom. The van der Waals surface area contributed by atoms with Gasteiger partial charge in [-0.05, 0) is 20.3 Å². The maximum absolute atomic E-state index is 11.7. The summed E-state index contributed by atoms with van der Waals surface area (Å²) in [5.74, 6) is 0.412. The Kier molecular flexibility index (Phi) is 2.54. The average molecular weight is 210 g/mol. The SMILES string of the molecule is CC1(C)C(=O)NCCN1C1CCC(=O)C1. The molecule has 1 aliphatic heterocycles. The molecule has 1 amide bonds. The highest BCUT2D eigenvalue weighted by Crippen LogP contribution is 2.28. The summed E-state index contributed by atoms with van der Waals surface area (Å²) < 4.78 is 0. The van der Waals surface area contributed by atoms with E-state index in [2.05, 4.69) is 10.2 Å². The maximum Gasteiger partial charge on any atom is 0.240 e. The van der Waals surface area contributed by atoms with Crippen LogP contribution in [-0.2, 0) is 9.59 Å². The number of ketones is 1. The van der Waals surface area contributed by atoms with Crippen molar-refractivity contribution in [2.24, 2.45) is 0 Å². The molecule has 0 bridgehead atoms. The van der Waals surface area contributed by atoms with Crippen molar-refractivity contribution in [2.45, 2.75) is 44.7 Å². The minimum absolute atomic E-state index is 0.0769. The second kappa shape index (κ2) is 3.59. The Morgan fingerprint density at radius 1 is 1.40 bits per heavy atom. The zero-order valence-corrected chi connectivity index (χ0v) is 9.38. The molecule has 4 nitrogen and oxygen atoms in total. The quantitative estimate of drug-likeness (QED) is 0.678. The molecule has 0 radical (unpaired) electrons. The molecular formula is C11H18N2O2. The van der Waals surface area contributed by atoms with Gasteiger partial charge in [-0.15, -0.1) is 0 Å². The topological polar surface area (TPSA) is 49.4 Å². The van der Waals surface area contributed by atoms with Gasteiger partial charge >= 0.3 is 0 Å². The van der Waals surface area contributed by atoms with Crippen LogP contribution in [0.2, 0.25) is 0 Å². The third-order valence-corrected chi connectivity index (χ3v) is 3.57. The van der Waals surface area contributed by atoms with E-state index in [0.717, 1.165) is 13.0 Å². The molecule has 0 aromatic carbocycles. The monoisotopic (exact) mass is 210 g/mol. The van der Waals surface area contributed by atoms with Crippen LogP contribution >= 0.6 is 0 Å². The van der Waals surface area contributed by atoms with Crippen LogP contribution in [0.4, 0.5) is 0 Å². The van der Waals surface area contributed by atoms with Gasteiger partial charge in [0.15, 0.2) is 0 Å². The first-order chi connectivity index (χ1) is 7.01. The van der Waals surface area contributed by atoms with E-state index in [9.17, 15) is 9.59 Å². The van der Waals surface area contributed by atoms with Gasteiger partial charge in [0.25, 0.3) is 0 Å². The lowest BCUT2D eigenvalue weighted by molar-refractivity contribution is -0.137. The van der Waals surface area contributed by atoms with Crippen LogP contribution in [0.15, 0.2) is 0 Å². The van der Waals surface area contributed by atoms with Gasteiger partial charge in [0, 0.05) is 32.0 Å². The second-order valence-corrected chi connectivity index (χ2v) is 4.94. The van der Waals surface area contributed by atoms with Gasteiger partial charge in [-0.25, -0.2) is 0 Å². The van der Waals surface area contributed by atoms with E-state index < -0.39 is 5.54 Å². The van der Waals surface area contributed by atoms with Crippen molar-refractivity contribution in [2.75, 3.05) is 13.1 Å². The Labute approximate surface area is 90.0 Å². The summed E-state index contributed by atoms with van der Waals surface area (Å²) in [6.07, 6.45) is 2.21. The first kappa shape index (κ1) is 10.6. The second-order valence-electron chi connectivity index (χ2n) is 4.94. The van der Waals surface area contributed by atoms with E-state index in [0.29, 0.717) is 25.2 Å². The van der Waals surface area contributed by atoms with Crippen molar-refractivity contribution in [1.82, 2.24) is 10.2 Å². The molecule has 2 aliphatic rings. The Hall–Kier alpha value is -0.900. The molecule has 0 aromatic rings. The number of hydrogen-bond donors (Lipinski definition) is 1. The van der Waals surface area contributed by atoms with E-state index in [4.69, 9.17) is 0 Å². The predicted molar refractivity (Wildman–Crippen MR) is 56.4 cm³/mol. The zero-order valence-electron chi connectivity index (χ0n) is 9.38. The Balaban J connectivity index is 2.13. The normalized spacial score (nSPS) is 31.7. The Bertz CT molecular complexity index is 299. The molecule has 1 saturated heterocycles. The summed E-state index contributed by atoms with van der Waals surface area (Å²) in [4.78, 5) is 25.2. The molecule has 15 heavy (non-hydrogen) atoms. The number of carbonyl (C=O) groups excluding carboxylic acids is 2. The average Bonchev–Trinajstić information content (AvgIpc) is 2.56. The number of amides is 1. The molecule has 1 N–H and O–H groups in total. The van der Waals surface area contributed by atoms with Crippen LogP contribution < -0.4 is 5.32 Å². The molecule has 4 heteroatoms. The van der Waals surface area contributed by atoms with Gasteiger partial charge in [-0.3, -0.25) is 14.5 Å². The molecule has 84 valence electrons. The van der Waals surface area contributed by atoms with Crippen LogP contribution in [0, 0.1) is 0 Å².